The molecule has 0 aliphatic rings. The minimum absolute atomic E-state index is 0.672. The van der Waals surface area contributed by atoms with Crippen LogP contribution in [-0.4, -0.2) is 6.61 Å². The summed E-state index contributed by atoms with van der Waals surface area (Å²) in [4.78, 5) is 0. The van der Waals surface area contributed by atoms with Crippen molar-refractivity contribution >= 4 is 0 Å². The van der Waals surface area contributed by atoms with Crippen LogP contribution in [-0.2, 0) is 4.74 Å². The molecule has 1 nitrogen and oxygen atoms in total. The molecule has 1 heteroatoms. The molecule has 0 heterocycles. The second-order valence-electron chi connectivity index (χ2n) is 2.87. The Morgan fingerprint density at radius 1 is 1.29 bits per heavy atom. The molecule has 1 aromatic carbocycles. The second kappa shape index (κ2) is 6.80. The van der Waals surface area contributed by atoms with E-state index < -0.39 is 0 Å². The van der Waals surface area contributed by atoms with Gasteiger partial charge in [-0.15, -0.1) is 6.58 Å². The fourth-order valence-electron chi connectivity index (χ4n) is 0.967. The van der Waals surface area contributed by atoms with E-state index in [4.69, 9.17) is 4.74 Å². The lowest BCUT2D eigenvalue weighted by Crippen LogP contribution is -1.86. The maximum absolute atomic E-state index is 5.13. The first-order chi connectivity index (χ1) is 6.93. The van der Waals surface area contributed by atoms with Gasteiger partial charge in [-0.1, -0.05) is 24.3 Å². The van der Waals surface area contributed by atoms with Gasteiger partial charge in [0.15, 0.2) is 0 Å². The van der Waals surface area contributed by atoms with Gasteiger partial charge in [-0.3, -0.25) is 0 Å². The lowest BCUT2D eigenvalue weighted by atomic mass is 10.2. The van der Waals surface area contributed by atoms with Crippen molar-refractivity contribution in [2.24, 2.45) is 0 Å². The average molecular weight is 186 g/mol. The number of rotatable bonds is 4. The zero-order valence-electron chi connectivity index (χ0n) is 8.20. The van der Waals surface area contributed by atoms with E-state index in [0.717, 1.165) is 18.4 Å². The van der Waals surface area contributed by atoms with E-state index in [0.29, 0.717) is 6.61 Å². The number of hydrogen-bond acceptors (Lipinski definition) is 1. The number of benzene rings is 1. The van der Waals surface area contributed by atoms with Crippen LogP contribution in [0.25, 0.3) is 0 Å². The SMILES string of the molecule is C=CCCCOC#Cc1ccccc1. The summed E-state index contributed by atoms with van der Waals surface area (Å²) >= 11 is 0. The Labute approximate surface area is 85.4 Å². The zero-order valence-corrected chi connectivity index (χ0v) is 8.20. The maximum atomic E-state index is 5.13. The van der Waals surface area contributed by atoms with Crippen LogP contribution in [0.5, 0.6) is 0 Å². The minimum atomic E-state index is 0.672. The van der Waals surface area contributed by atoms with E-state index >= 15 is 0 Å². The summed E-state index contributed by atoms with van der Waals surface area (Å²) in [6.45, 7) is 4.31. The van der Waals surface area contributed by atoms with Gasteiger partial charge in [-0.05, 0) is 30.9 Å². The largest absolute Gasteiger partial charge is 0.446 e. The second-order valence-corrected chi connectivity index (χ2v) is 2.87. The molecule has 0 radical (unpaired) electrons. The van der Waals surface area contributed by atoms with Crippen molar-refractivity contribution < 1.29 is 4.74 Å². The van der Waals surface area contributed by atoms with Gasteiger partial charge >= 0.3 is 0 Å². The van der Waals surface area contributed by atoms with Crippen molar-refractivity contribution in [1.29, 1.82) is 0 Å². The summed E-state index contributed by atoms with van der Waals surface area (Å²) in [5.74, 6) is 2.92. The smallest absolute Gasteiger partial charge is 0.115 e. The normalized spacial score (nSPS) is 8.57. The Morgan fingerprint density at radius 2 is 2.07 bits per heavy atom. The van der Waals surface area contributed by atoms with E-state index in [9.17, 15) is 0 Å². The molecule has 0 atom stereocenters. The van der Waals surface area contributed by atoms with Crippen LogP contribution in [0.2, 0.25) is 0 Å². The number of unbranched alkanes of at least 4 members (excludes halogenated alkanes) is 1. The van der Waals surface area contributed by atoms with E-state index in [1.54, 1.807) is 0 Å². The van der Waals surface area contributed by atoms with Crippen LogP contribution in [0.1, 0.15) is 18.4 Å². The van der Waals surface area contributed by atoms with Gasteiger partial charge in [0, 0.05) is 5.56 Å². The predicted molar refractivity (Wildman–Crippen MR) is 58.7 cm³/mol. The van der Waals surface area contributed by atoms with Gasteiger partial charge in [0.25, 0.3) is 0 Å². The summed E-state index contributed by atoms with van der Waals surface area (Å²) in [7, 11) is 0. The Bertz CT molecular complexity index is 316. The van der Waals surface area contributed by atoms with Crippen LogP contribution in [0.4, 0.5) is 0 Å². The molecule has 0 unspecified atom stereocenters. The summed E-state index contributed by atoms with van der Waals surface area (Å²) in [6, 6.07) is 9.81. The lowest BCUT2D eigenvalue weighted by molar-refractivity contribution is 0.273. The molecule has 0 spiro atoms. The van der Waals surface area contributed by atoms with Crippen LogP contribution in [0, 0.1) is 12.0 Å². The van der Waals surface area contributed by atoms with Crippen LogP contribution in [0.3, 0.4) is 0 Å². The van der Waals surface area contributed by atoms with Crippen molar-refractivity contribution in [3.8, 4) is 12.0 Å². The van der Waals surface area contributed by atoms with E-state index in [1.807, 2.05) is 36.4 Å². The highest BCUT2D eigenvalue weighted by molar-refractivity contribution is 5.32. The van der Waals surface area contributed by atoms with Crippen molar-refractivity contribution in [2.75, 3.05) is 6.61 Å². The standard InChI is InChI=1S/C13H14O/c1-2-3-7-11-14-12-10-13-8-5-4-6-9-13/h2,4-6,8-9H,1,3,7,11H2. The molecular formula is C13H14O. The minimum Gasteiger partial charge on any atom is -0.446 e. The number of allylic oxidation sites excluding steroid dienone is 1. The average Bonchev–Trinajstić information content (AvgIpc) is 2.25. The van der Waals surface area contributed by atoms with Gasteiger partial charge in [-0.2, -0.15) is 0 Å². The van der Waals surface area contributed by atoms with Gasteiger partial charge in [0.2, 0.25) is 0 Å². The third-order valence-corrected chi connectivity index (χ3v) is 1.70. The molecule has 0 N–H and O–H groups in total. The van der Waals surface area contributed by atoms with E-state index in [-0.39, 0.29) is 0 Å². The fourth-order valence-corrected chi connectivity index (χ4v) is 0.967. The zero-order chi connectivity index (χ0) is 10.1. The summed E-state index contributed by atoms with van der Waals surface area (Å²) in [5, 5.41) is 0. The molecule has 72 valence electrons. The van der Waals surface area contributed by atoms with Crippen molar-refractivity contribution in [2.45, 2.75) is 12.8 Å². The van der Waals surface area contributed by atoms with Gasteiger partial charge in [0.1, 0.15) is 12.7 Å². The third kappa shape index (κ3) is 4.37. The molecule has 0 amide bonds. The molecule has 0 aliphatic carbocycles. The van der Waals surface area contributed by atoms with Crippen molar-refractivity contribution in [1.82, 2.24) is 0 Å². The third-order valence-electron chi connectivity index (χ3n) is 1.70. The molecule has 1 rings (SSSR count). The highest BCUT2D eigenvalue weighted by Gasteiger charge is 1.83. The maximum Gasteiger partial charge on any atom is 0.115 e. The topological polar surface area (TPSA) is 9.23 Å². The van der Waals surface area contributed by atoms with Crippen LogP contribution in [0.15, 0.2) is 43.0 Å². The Kier molecular flexibility index (Phi) is 5.05. The Hall–Kier alpha value is -1.68. The molecule has 1 aromatic rings. The van der Waals surface area contributed by atoms with Crippen molar-refractivity contribution in [3.63, 3.8) is 0 Å². The summed E-state index contributed by atoms with van der Waals surface area (Å²) < 4.78 is 5.13. The number of hydrogen-bond donors (Lipinski definition) is 0. The van der Waals surface area contributed by atoms with Crippen LogP contribution >= 0.6 is 0 Å². The monoisotopic (exact) mass is 186 g/mol. The predicted octanol–water partition coefficient (Wildman–Crippen LogP) is 2.98. The first-order valence-corrected chi connectivity index (χ1v) is 4.72. The van der Waals surface area contributed by atoms with Gasteiger partial charge in [0.05, 0.1) is 0 Å². The highest BCUT2D eigenvalue weighted by Crippen LogP contribution is 1.95. The molecule has 0 fully saturated rings. The quantitative estimate of drug-likeness (QED) is 0.399. The van der Waals surface area contributed by atoms with Gasteiger partial charge < -0.3 is 4.74 Å². The Balaban J connectivity index is 2.24. The lowest BCUT2D eigenvalue weighted by Gasteiger charge is -1.93. The molecule has 0 bridgehead atoms. The number of ether oxygens (including phenoxy) is 1. The molecule has 0 saturated carbocycles. The summed E-state index contributed by atoms with van der Waals surface area (Å²) in [5.41, 5.74) is 0.983. The molecule has 0 saturated heterocycles. The Morgan fingerprint density at radius 3 is 2.79 bits per heavy atom. The van der Waals surface area contributed by atoms with E-state index in [2.05, 4.69) is 18.6 Å². The molecule has 0 aliphatic heterocycles. The van der Waals surface area contributed by atoms with Gasteiger partial charge in [-0.25, -0.2) is 0 Å². The van der Waals surface area contributed by atoms with Crippen molar-refractivity contribution in [3.05, 3.63) is 48.6 Å². The summed E-state index contributed by atoms with van der Waals surface area (Å²) in [6.07, 6.45) is 6.52. The first kappa shape index (κ1) is 10.4. The fraction of sp³-hybridized carbons (Fsp3) is 0.231. The molecule has 14 heavy (non-hydrogen) atoms. The molecular weight excluding hydrogens is 172 g/mol. The highest BCUT2D eigenvalue weighted by atomic mass is 16.5. The first-order valence-electron chi connectivity index (χ1n) is 4.72. The molecule has 0 aromatic heterocycles. The van der Waals surface area contributed by atoms with Crippen LogP contribution < -0.4 is 0 Å². The van der Waals surface area contributed by atoms with E-state index in [1.165, 1.54) is 0 Å².